The normalized spacial score (nSPS) is 14.1. The predicted octanol–water partition coefficient (Wildman–Crippen LogP) is 4.97. The van der Waals surface area contributed by atoms with E-state index in [9.17, 15) is 0 Å². The van der Waals surface area contributed by atoms with Crippen LogP contribution >= 0.6 is 0 Å². The molecule has 1 aliphatic rings. The summed E-state index contributed by atoms with van der Waals surface area (Å²) in [4.78, 5) is 0. The van der Waals surface area contributed by atoms with Gasteiger partial charge in [-0.15, -0.1) is 0 Å². The smallest absolute Gasteiger partial charge is 0.0991 e. The second-order valence-electron chi connectivity index (χ2n) is 6.03. The maximum Gasteiger partial charge on any atom is 0.0991 e. The standard InChI is InChI=1S/C21H16N2/c1-21(16-12-10-15(14-22)11-13-16)17-6-2-4-8-19(17)23-20-9-5-3-7-18(20)21/h2-13,23H,1H3. The minimum atomic E-state index is -0.244. The van der Waals surface area contributed by atoms with Crippen LogP contribution in [0.3, 0.4) is 0 Å². The van der Waals surface area contributed by atoms with Crippen molar-refractivity contribution in [3.63, 3.8) is 0 Å². The van der Waals surface area contributed by atoms with Crippen molar-refractivity contribution in [2.75, 3.05) is 5.32 Å². The van der Waals surface area contributed by atoms with Gasteiger partial charge in [-0.25, -0.2) is 0 Å². The van der Waals surface area contributed by atoms with Crippen LogP contribution in [0.4, 0.5) is 11.4 Å². The maximum absolute atomic E-state index is 9.06. The maximum atomic E-state index is 9.06. The van der Waals surface area contributed by atoms with Crippen molar-refractivity contribution in [1.82, 2.24) is 0 Å². The van der Waals surface area contributed by atoms with Gasteiger partial charge in [-0.3, -0.25) is 0 Å². The summed E-state index contributed by atoms with van der Waals surface area (Å²) >= 11 is 0. The zero-order valence-electron chi connectivity index (χ0n) is 12.9. The monoisotopic (exact) mass is 296 g/mol. The van der Waals surface area contributed by atoms with E-state index in [1.165, 1.54) is 16.7 Å². The topological polar surface area (TPSA) is 35.8 Å². The van der Waals surface area contributed by atoms with E-state index >= 15 is 0 Å². The van der Waals surface area contributed by atoms with Gasteiger partial charge in [-0.2, -0.15) is 5.26 Å². The highest BCUT2D eigenvalue weighted by atomic mass is 14.9. The third kappa shape index (κ3) is 1.94. The number of para-hydroxylation sites is 2. The second-order valence-corrected chi connectivity index (χ2v) is 6.03. The van der Waals surface area contributed by atoms with Gasteiger partial charge < -0.3 is 5.32 Å². The summed E-state index contributed by atoms with van der Waals surface area (Å²) in [5, 5.41) is 12.6. The van der Waals surface area contributed by atoms with Gasteiger partial charge in [0, 0.05) is 16.8 Å². The van der Waals surface area contributed by atoms with E-state index in [1.54, 1.807) is 0 Å². The Bertz CT molecular complexity index is 872. The molecule has 3 aromatic carbocycles. The van der Waals surface area contributed by atoms with Crippen LogP contribution in [0.25, 0.3) is 0 Å². The van der Waals surface area contributed by atoms with Gasteiger partial charge in [-0.1, -0.05) is 48.5 Å². The Morgan fingerprint density at radius 2 is 1.30 bits per heavy atom. The minimum absolute atomic E-state index is 0.244. The molecule has 4 rings (SSSR count). The van der Waals surface area contributed by atoms with Gasteiger partial charge in [-0.05, 0) is 47.9 Å². The Morgan fingerprint density at radius 1 is 0.783 bits per heavy atom. The molecule has 0 saturated heterocycles. The van der Waals surface area contributed by atoms with Crippen molar-refractivity contribution < 1.29 is 0 Å². The molecule has 3 aromatic rings. The summed E-state index contributed by atoms with van der Waals surface area (Å²) in [6.07, 6.45) is 0. The lowest BCUT2D eigenvalue weighted by Gasteiger charge is -2.39. The zero-order chi connectivity index (χ0) is 15.9. The molecule has 1 aliphatic heterocycles. The Morgan fingerprint density at radius 3 is 1.83 bits per heavy atom. The van der Waals surface area contributed by atoms with Crippen LogP contribution in [0.2, 0.25) is 0 Å². The highest BCUT2D eigenvalue weighted by Crippen LogP contribution is 2.49. The number of anilines is 2. The molecule has 23 heavy (non-hydrogen) atoms. The number of nitrogens with zero attached hydrogens (tertiary/aromatic N) is 1. The van der Waals surface area contributed by atoms with Crippen molar-refractivity contribution in [2.24, 2.45) is 0 Å². The van der Waals surface area contributed by atoms with Crippen LogP contribution in [0.1, 0.15) is 29.2 Å². The summed E-state index contributed by atoms with van der Waals surface area (Å²) in [7, 11) is 0. The van der Waals surface area contributed by atoms with Crippen molar-refractivity contribution in [1.29, 1.82) is 5.26 Å². The highest BCUT2D eigenvalue weighted by Gasteiger charge is 2.37. The Kier molecular flexibility index (Phi) is 2.96. The van der Waals surface area contributed by atoms with Gasteiger partial charge in [0.2, 0.25) is 0 Å². The summed E-state index contributed by atoms with van der Waals surface area (Å²) in [5.74, 6) is 0. The fourth-order valence-electron chi connectivity index (χ4n) is 3.54. The fraction of sp³-hybridized carbons (Fsp3) is 0.0952. The third-order valence-electron chi connectivity index (χ3n) is 4.79. The molecule has 0 spiro atoms. The van der Waals surface area contributed by atoms with Crippen LogP contribution in [-0.2, 0) is 5.41 Å². The fourth-order valence-corrected chi connectivity index (χ4v) is 3.54. The first-order chi connectivity index (χ1) is 11.2. The summed E-state index contributed by atoms with van der Waals surface area (Å²) < 4.78 is 0. The number of nitrogens with one attached hydrogen (secondary N) is 1. The summed E-state index contributed by atoms with van der Waals surface area (Å²) in [6.45, 7) is 2.26. The highest BCUT2D eigenvalue weighted by molar-refractivity contribution is 5.78. The average Bonchev–Trinajstić information content (AvgIpc) is 2.62. The number of fused-ring (bicyclic) bond motifs is 2. The number of rotatable bonds is 1. The van der Waals surface area contributed by atoms with Crippen LogP contribution < -0.4 is 5.32 Å². The molecule has 0 bridgehead atoms. The molecule has 0 amide bonds. The van der Waals surface area contributed by atoms with E-state index < -0.39 is 0 Å². The lowest BCUT2D eigenvalue weighted by atomic mass is 9.68. The summed E-state index contributed by atoms with van der Waals surface area (Å²) in [6, 6.07) is 27.0. The molecule has 0 unspecified atom stereocenters. The molecule has 110 valence electrons. The van der Waals surface area contributed by atoms with Crippen molar-refractivity contribution in [3.8, 4) is 6.07 Å². The van der Waals surface area contributed by atoms with Gasteiger partial charge in [0.1, 0.15) is 0 Å². The van der Waals surface area contributed by atoms with Crippen LogP contribution in [0.15, 0.2) is 72.8 Å². The molecule has 0 fully saturated rings. The molecule has 0 aromatic heterocycles. The van der Waals surface area contributed by atoms with Crippen molar-refractivity contribution in [3.05, 3.63) is 95.1 Å². The SMILES string of the molecule is CC1(c2ccc(C#N)cc2)c2ccccc2Nc2ccccc21. The van der Waals surface area contributed by atoms with E-state index in [2.05, 4.69) is 79.0 Å². The molecule has 2 nitrogen and oxygen atoms in total. The number of hydrogen-bond donors (Lipinski definition) is 1. The third-order valence-corrected chi connectivity index (χ3v) is 4.79. The molecule has 0 radical (unpaired) electrons. The first kappa shape index (κ1) is 13.6. The van der Waals surface area contributed by atoms with Gasteiger partial charge >= 0.3 is 0 Å². The lowest BCUT2D eigenvalue weighted by molar-refractivity contribution is 0.689. The molecule has 0 atom stereocenters. The Labute approximate surface area is 136 Å². The van der Waals surface area contributed by atoms with Gasteiger partial charge in [0.15, 0.2) is 0 Å². The lowest BCUT2D eigenvalue weighted by Crippen LogP contribution is -2.30. The van der Waals surface area contributed by atoms with Crippen molar-refractivity contribution >= 4 is 11.4 Å². The van der Waals surface area contributed by atoms with E-state index in [4.69, 9.17) is 5.26 Å². The first-order valence-corrected chi connectivity index (χ1v) is 7.70. The quantitative estimate of drug-likeness (QED) is 0.688. The van der Waals surface area contributed by atoms with Crippen LogP contribution in [0.5, 0.6) is 0 Å². The molecule has 1 heterocycles. The molecule has 0 saturated carbocycles. The van der Waals surface area contributed by atoms with E-state index in [0.29, 0.717) is 5.56 Å². The van der Waals surface area contributed by atoms with Crippen LogP contribution in [0, 0.1) is 11.3 Å². The van der Waals surface area contributed by atoms with E-state index in [1.807, 2.05) is 12.1 Å². The number of benzene rings is 3. The summed E-state index contributed by atoms with van der Waals surface area (Å²) in [5.41, 5.74) is 6.42. The molecular weight excluding hydrogens is 280 g/mol. The number of nitriles is 1. The zero-order valence-corrected chi connectivity index (χ0v) is 12.9. The first-order valence-electron chi connectivity index (χ1n) is 7.70. The molecule has 1 N–H and O–H groups in total. The number of hydrogen-bond acceptors (Lipinski definition) is 2. The largest absolute Gasteiger partial charge is 0.355 e. The molecular formula is C21H16N2. The van der Waals surface area contributed by atoms with Gasteiger partial charge in [0.05, 0.1) is 11.6 Å². The Balaban J connectivity index is 2.01. The van der Waals surface area contributed by atoms with Crippen LogP contribution in [-0.4, -0.2) is 0 Å². The average molecular weight is 296 g/mol. The molecule has 0 aliphatic carbocycles. The molecule has 2 heteroatoms. The second kappa shape index (κ2) is 5.00. The Hall–Kier alpha value is -3.05. The van der Waals surface area contributed by atoms with E-state index in [0.717, 1.165) is 11.4 Å². The van der Waals surface area contributed by atoms with Crippen molar-refractivity contribution in [2.45, 2.75) is 12.3 Å². The van der Waals surface area contributed by atoms with Gasteiger partial charge in [0.25, 0.3) is 0 Å². The van der Waals surface area contributed by atoms with E-state index in [-0.39, 0.29) is 5.41 Å². The minimum Gasteiger partial charge on any atom is -0.355 e. The predicted molar refractivity (Wildman–Crippen MR) is 92.9 cm³/mol.